The molecule has 3 rings (SSSR count). The Balaban J connectivity index is 2.10. The average Bonchev–Trinajstić information content (AvgIpc) is 2.79. The number of hydrogen-bond acceptors (Lipinski definition) is 7. The number of benzene rings is 1. The van der Waals surface area contributed by atoms with Crippen molar-refractivity contribution in [3.63, 3.8) is 0 Å². The maximum atomic E-state index is 12.3. The number of methoxy groups -OCH3 is 3. The minimum absolute atomic E-state index is 0.206. The van der Waals surface area contributed by atoms with Gasteiger partial charge in [-0.2, -0.15) is 0 Å². The van der Waals surface area contributed by atoms with E-state index in [-0.39, 0.29) is 5.78 Å². The highest BCUT2D eigenvalue weighted by molar-refractivity contribution is 7.99. The fraction of sp³-hybridized carbons (Fsp3) is 0.294. The van der Waals surface area contributed by atoms with E-state index in [0.717, 1.165) is 21.9 Å². The number of esters is 1. The van der Waals surface area contributed by atoms with E-state index in [1.165, 1.54) is 13.2 Å². The maximum Gasteiger partial charge on any atom is 0.332 e. The highest BCUT2D eigenvalue weighted by Gasteiger charge is 2.32. The van der Waals surface area contributed by atoms with Crippen LogP contribution in [0.15, 0.2) is 34.9 Å². The van der Waals surface area contributed by atoms with Gasteiger partial charge in [0.1, 0.15) is 0 Å². The Morgan fingerprint density at radius 1 is 1.21 bits per heavy atom. The molecule has 0 N–H and O–H groups in total. The molecule has 0 radical (unpaired) electrons. The summed E-state index contributed by atoms with van der Waals surface area (Å²) in [4.78, 5) is 26.8. The molecule has 126 valence electrons. The number of fused-ring (bicyclic) bond motifs is 3. The summed E-state index contributed by atoms with van der Waals surface area (Å²) >= 11 is 1.67. The lowest BCUT2D eigenvalue weighted by Crippen LogP contribution is -2.22. The normalized spacial score (nSPS) is 17.8. The number of ether oxygens (including phenoxy) is 3. The molecule has 0 spiro atoms. The van der Waals surface area contributed by atoms with E-state index >= 15 is 0 Å². The van der Waals surface area contributed by atoms with Crippen molar-refractivity contribution < 1.29 is 23.8 Å². The molecule has 0 saturated carbocycles. The van der Waals surface area contributed by atoms with Crippen LogP contribution in [0, 0.1) is 0 Å². The van der Waals surface area contributed by atoms with Gasteiger partial charge < -0.3 is 19.1 Å². The standard InChI is InChI=1S/C17H17NO5S/c1-21-14-6-10-11-7-13(19)12(8-17(20)23-3)18(11)4-5-24-16(10)9-15(14)22-2/h6-9H,4-5H2,1-3H3/b12-8-. The van der Waals surface area contributed by atoms with Crippen LogP contribution in [-0.2, 0) is 14.3 Å². The summed E-state index contributed by atoms with van der Waals surface area (Å²) in [5, 5.41) is 0. The summed E-state index contributed by atoms with van der Waals surface area (Å²) in [6.45, 7) is 0.615. The average molecular weight is 347 g/mol. The molecule has 24 heavy (non-hydrogen) atoms. The lowest BCUT2D eigenvalue weighted by molar-refractivity contribution is -0.135. The molecular weight excluding hydrogens is 330 g/mol. The third-order valence-electron chi connectivity index (χ3n) is 3.89. The van der Waals surface area contributed by atoms with Crippen molar-refractivity contribution in [1.82, 2.24) is 4.90 Å². The monoisotopic (exact) mass is 347 g/mol. The van der Waals surface area contributed by atoms with Crippen LogP contribution in [0.4, 0.5) is 0 Å². The number of hydrogen-bond donors (Lipinski definition) is 0. The number of allylic oxidation sites excluding steroid dienone is 1. The molecule has 0 atom stereocenters. The Morgan fingerprint density at radius 2 is 1.92 bits per heavy atom. The van der Waals surface area contributed by atoms with Crippen molar-refractivity contribution >= 4 is 29.2 Å². The van der Waals surface area contributed by atoms with E-state index in [9.17, 15) is 9.59 Å². The van der Waals surface area contributed by atoms with E-state index in [0.29, 0.717) is 23.7 Å². The van der Waals surface area contributed by atoms with E-state index in [2.05, 4.69) is 4.74 Å². The van der Waals surface area contributed by atoms with Crippen LogP contribution in [0.1, 0.15) is 5.56 Å². The molecule has 6 nitrogen and oxygen atoms in total. The molecule has 2 aliphatic rings. The summed E-state index contributed by atoms with van der Waals surface area (Å²) in [5.41, 5.74) is 1.98. The van der Waals surface area contributed by atoms with E-state index in [1.54, 1.807) is 32.1 Å². The van der Waals surface area contributed by atoms with Crippen molar-refractivity contribution in [3.8, 4) is 11.5 Å². The second kappa shape index (κ2) is 6.60. The fourth-order valence-electron chi connectivity index (χ4n) is 2.75. The topological polar surface area (TPSA) is 65.1 Å². The van der Waals surface area contributed by atoms with Crippen molar-refractivity contribution in [1.29, 1.82) is 0 Å². The molecule has 0 amide bonds. The molecule has 1 aromatic carbocycles. The Hall–Kier alpha value is -2.41. The number of thioether (sulfide) groups is 1. The summed E-state index contributed by atoms with van der Waals surface area (Å²) in [7, 11) is 4.45. The third-order valence-corrected chi connectivity index (χ3v) is 4.93. The molecule has 0 fully saturated rings. The minimum Gasteiger partial charge on any atom is -0.493 e. The highest BCUT2D eigenvalue weighted by atomic mass is 32.2. The van der Waals surface area contributed by atoms with E-state index in [4.69, 9.17) is 9.47 Å². The first-order chi connectivity index (χ1) is 11.6. The first kappa shape index (κ1) is 16.4. The fourth-order valence-corrected chi connectivity index (χ4v) is 3.75. The molecule has 0 unspecified atom stereocenters. The van der Waals surface area contributed by atoms with Gasteiger partial charge >= 0.3 is 5.97 Å². The van der Waals surface area contributed by atoms with Gasteiger partial charge in [0.05, 0.1) is 38.8 Å². The molecule has 0 aliphatic carbocycles. The second-order valence-electron chi connectivity index (χ2n) is 5.15. The maximum absolute atomic E-state index is 12.3. The number of carbonyl (C=O) groups is 2. The van der Waals surface area contributed by atoms with Crippen LogP contribution in [0.25, 0.3) is 5.70 Å². The van der Waals surface area contributed by atoms with Gasteiger partial charge in [-0.25, -0.2) is 4.79 Å². The number of carbonyl (C=O) groups excluding carboxylic acids is 2. The van der Waals surface area contributed by atoms with Gasteiger partial charge in [-0.15, -0.1) is 11.8 Å². The van der Waals surface area contributed by atoms with Gasteiger partial charge in [-0.1, -0.05) is 0 Å². The van der Waals surface area contributed by atoms with Crippen LogP contribution in [0.3, 0.4) is 0 Å². The molecule has 1 aromatic rings. The van der Waals surface area contributed by atoms with E-state index in [1.807, 2.05) is 17.0 Å². The van der Waals surface area contributed by atoms with Gasteiger partial charge in [0.25, 0.3) is 0 Å². The molecule has 0 saturated heterocycles. The minimum atomic E-state index is -0.544. The van der Waals surface area contributed by atoms with Crippen LogP contribution < -0.4 is 9.47 Å². The Bertz CT molecular complexity index is 768. The quantitative estimate of drug-likeness (QED) is 0.613. The Labute approximate surface area is 144 Å². The predicted octanol–water partition coefficient (Wildman–Crippen LogP) is 2.09. The van der Waals surface area contributed by atoms with E-state index < -0.39 is 5.97 Å². The summed E-state index contributed by atoms with van der Waals surface area (Å²) in [6.07, 6.45) is 2.79. The molecule has 0 aromatic heterocycles. The second-order valence-corrected chi connectivity index (χ2v) is 6.29. The smallest absolute Gasteiger partial charge is 0.332 e. The Kier molecular flexibility index (Phi) is 4.53. The van der Waals surface area contributed by atoms with Crippen molar-refractivity contribution in [3.05, 3.63) is 35.5 Å². The molecule has 2 aliphatic heterocycles. The zero-order chi connectivity index (χ0) is 17.3. The van der Waals surface area contributed by atoms with Crippen LogP contribution >= 0.6 is 11.8 Å². The van der Waals surface area contributed by atoms with Crippen molar-refractivity contribution in [2.45, 2.75) is 4.90 Å². The zero-order valence-corrected chi connectivity index (χ0v) is 14.4. The first-order valence-electron chi connectivity index (χ1n) is 7.31. The number of nitrogens with zero attached hydrogens (tertiary/aromatic N) is 1. The lowest BCUT2D eigenvalue weighted by Gasteiger charge is -2.21. The largest absolute Gasteiger partial charge is 0.493 e. The summed E-state index contributed by atoms with van der Waals surface area (Å²) in [5.74, 6) is 1.26. The number of rotatable bonds is 3. The van der Waals surface area contributed by atoms with Crippen molar-refractivity contribution in [2.24, 2.45) is 0 Å². The Morgan fingerprint density at radius 3 is 2.58 bits per heavy atom. The SMILES string of the molecule is COC(=O)/C=C1/C(=O)C=C2c3cc(OC)c(OC)cc3SCCN21. The summed E-state index contributed by atoms with van der Waals surface area (Å²) in [6, 6.07) is 3.77. The van der Waals surface area contributed by atoms with Crippen LogP contribution in [0.2, 0.25) is 0 Å². The zero-order valence-electron chi connectivity index (χ0n) is 13.6. The van der Waals surface area contributed by atoms with Crippen molar-refractivity contribution in [2.75, 3.05) is 33.6 Å². The molecule has 7 heteroatoms. The van der Waals surface area contributed by atoms with Gasteiger partial charge in [0.15, 0.2) is 11.5 Å². The van der Waals surface area contributed by atoms with Gasteiger partial charge in [-0.3, -0.25) is 4.79 Å². The molecular formula is C17H17NO5S. The summed E-state index contributed by atoms with van der Waals surface area (Å²) < 4.78 is 15.4. The highest BCUT2D eigenvalue weighted by Crippen LogP contribution is 2.44. The van der Waals surface area contributed by atoms with Gasteiger partial charge in [-0.05, 0) is 12.1 Å². The van der Waals surface area contributed by atoms with Gasteiger partial charge in [0, 0.05) is 28.8 Å². The van der Waals surface area contributed by atoms with Crippen LogP contribution in [0.5, 0.6) is 11.5 Å². The van der Waals surface area contributed by atoms with Crippen LogP contribution in [-0.4, -0.2) is 50.3 Å². The third kappa shape index (κ3) is 2.75. The first-order valence-corrected chi connectivity index (χ1v) is 8.30. The predicted molar refractivity (Wildman–Crippen MR) is 90.1 cm³/mol. The number of ketones is 1. The molecule has 2 heterocycles. The lowest BCUT2D eigenvalue weighted by atomic mass is 10.1. The molecule has 0 bridgehead atoms. The van der Waals surface area contributed by atoms with Gasteiger partial charge in [0.2, 0.25) is 5.78 Å².